The second kappa shape index (κ2) is 9.43. The first-order valence-corrected chi connectivity index (χ1v) is 9.98. The van der Waals surface area contributed by atoms with E-state index in [2.05, 4.69) is 10.3 Å². The lowest BCUT2D eigenvalue weighted by atomic mass is 10.1. The number of carbonyl (C=O) groups is 2. The molecule has 1 amide bonds. The third-order valence-electron chi connectivity index (χ3n) is 4.06. The highest BCUT2D eigenvalue weighted by atomic mass is 32.2. The number of nitrogens with one attached hydrogen (secondary N) is 1. The molecule has 150 valence electrons. The zero-order valence-corrected chi connectivity index (χ0v) is 16.8. The normalized spacial score (nSPS) is 12.4. The molecule has 0 radical (unpaired) electrons. The van der Waals surface area contributed by atoms with Crippen LogP contribution in [0.2, 0.25) is 0 Å². The van der Waals surface area contributed by atoms with Gasteiger partial charge in [-0.3, -0.25) is 9.78 Å². The fourth-order valence-corrected chi connectivity index (χ4v) is 3.61. The maximum absolute atomic E-state index is 12.6. The van der Waals surface area contributed by atoms with Crippen LogP contribution in [-0.2, 0) is 30.8 Å². The highest BCUT2D eigenvalue weighted by Gasteiger charge is 2.26. The van der Waals surface area contributed by atoms with Gasteiger partial charge in [-0.2, -0.15) is 4.31 Å². The largest absolute Gasteiger partial charge is 0.467 e. The Hall–Kier alpha value is -2.78. The summed E-state index contributed by atoms with van der Waals surface area (Å²) in [5.41, 5.74) is 1.52. The van der Waals surface area contributed by atoms with Gasteiger partial charge in [0, 0.05) is 25.4 Å². The molecule has 1 N–H and O–H groups in total. The summed E-state index contributed by atoms with van der Waals surface area (Å²) in [5.74, 6) is -1.26. The lowest BCUT2D eigenvalue weighted by Crippen LogP contribution is -2.47. The lowest BCUT2D eigenvalue weighted by Gasteiger charge is -2.20. The minimum atomic E-state index is -3.83. The minimum Gasteiger partial charge on any atom is -0.467 e. The predicted molar refractivity (Wildman–Crippen MR) is 103 cm³/mol. The maximum atomic E-state index is 12.6. The van der Waals surface area contributed by atoms with Crippen LogP contribution in [0.1, 0.15) is 11.3 Å². The predicted octanol–water partition coefficient (Wildman–Crippen LogP) is 0.911. The number of aromatic nitrogens is 1. The fraction of sp³-hybridized carbons (Fsp3) is 0.316. The third kappa shape index (κ3) is 5.61. The summed E-state index contributed by atoms with van der Waals surface area (Å²) in [6.45, 7) is 1.41. The van der Waals surface area contributed by atoms with Crippen molar-refractivity contribution in [2.24, 2.45) is 0 Å². The first-order chi connectivity index (χ1) is 13.2. The average Bonchev–Trinajstić information content (AvgIpc) is 2.67. The van der Waals surface area contributed by atoms with Crippen LogP contribution in [0.3, 0.4) is 0 Å². The number of ether oxygens (including phenoxy) is 1. The Kier molecular flexibility index (Phi) is 7.24. The van der Waals surface area contributed by atoms with E-state index in [0.29, 0.717) is 5.69 Å². The van der Waals surface area contributed by atoms with Gasteiger partial charge in [-0.05, 0) is 31.2 Å². The average molecular weight is 405 g/mol. The van der Waals surface area contributed by atoms with E-state index < -0.39 is 34.5 Å². The number of methoxy groups -OCH3 is 1. The number of aryl methyl sites for hydroxylation is 1. The zero-order valence-electron chi connectivity index (χ0n) is 16.0. The molecule has 8 nitrogen and oxygen atoms in total. The van der Waals surface area contributed by atoms with Crippen molar-refractivity contribution in [3.63, 3.8) is 0 Å². The molecule has 0 saturated heterocycles. The second-order valence-electron chi connectivity index (χ2n) is 6.24. The van der Waals surface area contributed by atoms with Crippen LogP contribution in [-0.4, -0.2) is 56.3 Å². The number of pyridine rings is 1. The van der Waals surface area contributed by atoms with Crippen LogP contribution >= 0.6 is 0 Å². The summed E-state index contributed by atoms with van der Waals surface area (Å²) in [6.07, 6.45) is 1.71. The lowest BCUT2D eigenvalue weighted by molar-refractivity contribution is -0.145. The Labute approximate surface area is 164 Å². The van der Waals surface area contributed by atoms with Crippen molar-refractivity contribution in [1.29, 1.82) is 0 Å². The van der Waals surface area contributed by atoms with E-state index in [-0.39, 0.29) is 11.3 Å². The van der Waals surface area contributed by atoms with E-state index in [1.54, 1.807) is 36.5 Å². The quantitative estimate of drug-likeness (QED) is 0.655. The summed E-state index contributed by atoms with van der Waals surface area (Å²) in [4.78, 5) is 28.6. The Morgan fingerprint density at radius 1 is 1.18 bits per heavy atom. The molecule has 1 heterocycles. The highest BCUT2D eigenvalue weighted by Crippen LogP contribution is 2.14. The number of likely N-dealkylation sites (N-methyl/N-ethyl adjacent to an activating group) is 1. The van der Waals surface area contributed by atoms with Crippen molar-refractivity contribution in [1.82, 2.24) is 14.6 Å². The van der Waals surface area contributed by atoms with Crippen molar-refractivity contribution in [2.45, 2.75) is 24.3 Å². The molecule has 28 heavy (non-hydrogen) atoms. The van der Waals surface area contributed by atoms with Gasteiger partial charge in [0.15, 0.2) is 0 Å². The van der Waals surface area contributed by atoms with E-state index in [9.17, 15) is 18.0 Å². The molecule has 1 atom stereocenters. The maximum Gasteiger partial charge on any atom is 0.328 e. The monoisotopic (exact) mass is 405 g/mol. The van der Waals surface area contributed by atoms with E-state index >= 15 is 0 Å². The van der Waals surface area contributed by atoms with Gasteiger partial charge < -0.3 is 10.1 Å². The molecule has 0 unspecified atom stereocenters. The molecule has 0 spiro atoms. The van der Waals surface area contributed by atoms with Crippen LogP contribution < -0.4 is 5.32 Å². The number of hydrogen-bond donors (Lipinski definition) is 1. The van der Waals surface area contributed by atoms with Crippen molar-refractivity contribution >= 4 is 21.9 Å². The van der Waals surface area contributed by atoms with Crippen molar-refractivity contribution in [2.75, 3.05) is 20.7 Å². The van der Waals surface area contributed by atoms with E-state index in [0.717, 1.165) is 9.87 Å². The molecule has 0 aliphatic rings. The standard InChI is InChI=1S/C19H23N3O5S/c1-14-7-9-16(10-8-14)28(25,26)22(2)13-18(23)21-17(19(24)27-3)12-15-6-4-5-11-20-15/h4-11,17H,12-13H2,1-3H3,(H,21,23)/t17-/m0/s1. The first-order valence-electron chi connectivity index (χ1n) is 8.54. The highest BCUT2D eigenvalue weighted by molar-refractivity contribution is 7.89. The van der Waals surface area contributed by atoms with Crippen LogP contribution in [0.25, 0.3) is 0 Å². The second-order valence-corrected chi connectivity index (χ2v) is 8.29. The molecule has 0 saturated carbocycles. The van der Waals surface area contributed by atoms with Gasteiger partial charge in [-0.15, -0.1) is 0 Å². The van der Waals surface area contributed by atoms with Crippen LogP contribution in [0.4, 0.5) is 0 Å². The summed E-state index contributed by atoms with van der Waals surface area (Å²) in [6, 6.07) is 10.6. The summed E-state index contributed by atoms with van der Waals surface area (Å²) < 4.78 is 30.8. The van der Waals surface area contributed by atoms with Gasteiger partial charge >= 0.3 is 5.97 Å². The van der Waals surface area contributed by atoms with Gasteiger partial charge in [0.2, 0.25) is 15.9 Å². The molecule has 1 aromatic heterocycles. The SMILES string of the molecule is COC(=O)[C@H](Cc1ccccn1)NC(=O)CN(C)S(=O)(=O)c1ccc(C)cc1. The summed E-state index contributed by atoms with van der Waals surface area (Å²) in [7, 11) is -1.30. The molecule has 0 aliphatic carbocycles. The number of nitrogens with zero attached hydrogens (tertiary/aromatic N) is 2. The Balaban J connectivity index is 2.06. The molecule has 0 fully saturated rings. The number of benzene rings is 1. The number of sulfonamides is 1. The number of amides is 1. The van der Waals surface area contributed by atoms with Crippen LogP contribution in [0.5, 0.6) is 0 Å². The number of carbonyl (C=O) groups excluding carboxylic acids is 2. The van der Waals surface area contributed by atoms with E-state index in [4.69, 9.17) is 4.74 Å². The molecule has 9 heteroatoms. The summed E-state index contributed by atoms with van der Waals surface area (Å²) in [5, 5.41) is 2.52. The molecule has 0 aliphatic heterocycles. The van der Waals surface area contributed by atoms with E-state index in [1.165, 1.54) is 26.3 Å². The Morgan fingerprint density at radius 2 is 1.86 bits per heavy atom. The molecular weight excluding hydrogens is 382 g/mol. The van der Waals surface area contributed by atoms with Crippen molar-refractivity contribution < 1.29 is 22.7 Å². The van der Waals surface area contributed by atoms with Crippen molar-refractivity contribution in [3.8, 4) is 0 Å². The van der Waals surface area contributed by atoms with Gasteiger partial charge in [-0.25, -0.2) is 13.2 Å². The number of hydrogen-bond acceptors (Lipinski definition) is 6. The third-order valence-corrected chi connectivity index (χ3v) is 5.87. The first kappa shape index (κ1) is 21.5. The van der Waals surface area contributed by atoms with Gasteiger partial charge in [0.05, 0.1) is 18.6 Å². The van der Waals surface area contributed by atoms with E-state index in [1.807, 2.05) is 6.92 Å². The molecule has 1 aromatic carbocycles. The van der Waals surface area contributed by atoms with Crippen LogP contribution in [0, 0.1) is 6.92 Å². The summed E-state index contributed by atoms with van der Waals surface area (Å²) >= 11 is 0. The van der Waals surface area contributed by atoms with Crippen LogP contribution in [0.15, 0.2) is 53.6 Å². The minimum absolute atomic E-state index is 0.0893. The fourth-order valence-electron chi connectivity index (χ4n) is 2.48. The zero-order chi connectivity index (χ0) is 20.7. The van der Waals surface area contributed by atoms with Gasteiger partial charge in [0.1, 0.15) is 6.04 Å². The van der Waals surface area contributed by atoms with Gasteiger partial charge in [-0.1, -0.05) is 23.8 Å². The van der Waals surface area contributed by atoms with Gasteiger partial charge in [0.25, 0.3) is 0 Å². The number of esters is 1. The molecule has 0 bridgehead atoms. The Morgan fingerprint density at radius 3 is 2.43 bits per heavy atom. The smallest absolute Gasteiger partial charge is 0.328 e. The Bertz CT molecular complexity index is 914. The molecule has 2 rings (SSSR count). The number of rotatable bonds is 8. The topological polar surface area (TPSA) is 106 Å². The molecule has 2 aromatic rings. The molecular formula is C19H23N3O5S. The van der Waals surface area contributed by atoms with Crippen molar-refractivity contribution in [3.05, 3.63) is 59.9 Å².